The fraction of sp³-hybridized carbons (Fsp3) is 0.273. The molecule has 0 aromatic heterocycles. The first-order valence-corrected chi connectivity index (χ1v) is 6.66. The van der Waals surface area contributed by atoms with Crippen molar-refractivity contribution < 1.29 is 18.0 Å². The number of rotatable bonds is 4. The molecule has 98 valence electrons. The third-order valence-corrected chi connectivity index (χ3v) is 3.40. The van der Waals surface area contributed by atoms with E-state index in [0.29, 0.717) is 0 Å². The zero-order chi connectivity index (χ0) is 13.8. The zero-order valence-electron chi connectivity index (χ0n) is 10.1. The quantitative estimate of drug-likeness (QED) is 0.836. The molecule has 0 fully saturated rings. The summed E-state index contributed by atoms with van der Waals surface area (Å²) in [6, 6.07) is 5.13. The molecule has 0 aliphatic rings. The summed E-state index contributed by atoms with van der Waals surface area (Å²) < 4.78 is 25.3. The van der Waals surface area contributed by atoms with E-state index in [9.17, 15) is 18.0 Å². The number of carbonyl (C=O) groups excluding carboxylic acids is 2. The van der Waals surface area contributed by atoms with Crippen LogP contribution in [0.15, 0.2) is 29.2 Å². The first-order valence-electron chi connectivity index (χ1n) is 5.18. The van der Waals surface area contributed by atoms with Crippen LogP contribution in [-0.4, -0.2) is 26.8 Å². The number of carbonyl (C=O) groups is 2. The number of Topliss-reactive ketones (excluding diaryl/α,β-unsaturated/α-hetero) is 1. The van der Waals surface area contributed by atoms with E-state index in [1.54, 1.807) is 12.1 Å². The van der Waals surface area contributed by atoms with Gasteiger partial charge in [-0.15, -0.1) is 0 Å². The monoisotopic (exact) mass is 270 g/mol. The lowest BCUT2D eigenvalue weighted by molar-refractivity contribution is -0.116. The summed E-state index contributed by atoms with van der Waals surface area (Å²) in [6.45, 7) is 2.90. The number of hydrogen-bond donors (Lipinski definition) is 2. The molecule has 0 heterocycles. The number of aryl methyl sites for hydroxylation is 1. The van der Waals surface area contributed by atoms with Crippen LogP contribution in [0, 0.1) is 6.92 Å². The number of ketones is 1. The Morgan fingerprint density at radius 2 is 1.72 bits per heavy atom. The summed E-state index contributed by atoms with van der Waals surface area (Å²) in [5.74, 6) is -0.266. The van der Waals surface area contributed by atoms with Gasteiger partial charge in [0.05, 0.1) is 11.4 Å². The molecule has 7 heteroatoms. The Kier molecular flexibility index (Phi) is 4.43. The van der Waals surface area contributed by atoms with Crippen LogP contribution >= 0.6 is 0 Å². The van der Waals surface area contributed by atoms with Gasteiger partial charge in [-0.3, -0.25) is 4.79 Å². The van der Waals surface area contributed by atoms with E-state index in [0.717, 1.165) is 5.56 Å². The molecule has 1 aromatic rings. The van der Waals surface area contributed by atoms with E-state index in [4.69, 9.17) is 0 Å². The van der Waals surface area contributed by atoms with Gasteiger partial charge in [0.25, 0.3) is 10.0 Å². The van der Waals surface area contributed by atoms with E-state index >= 15 is 0 Å². The maximum Gasteiger partial charge on any atom is 0.329 e. The lowest BCUT2D eigenvalue weighted by Gasteiger charge is -2.07. The van der Waals surface area contributed by atoms with Crippen LogP contribution in [0.3, 0.4) is 0 Å². The predicted octanol–water partition coefficient (Wildman–Crippen LogP) is 0.572. The molecule has 0 saturated heterocycles. The van der Waals surface area contributed by atoms with E-state index in [1.165, 1.54) is 19.1 Å². The number of hydrogen-bond acceptors (Lipinski definition) is 4. The van der Waals surface area contributed by atoms with Crippen molar-refractivity contribution in [2.45, 2.75) is 18.7 Å². The molecule has 0 bridgehead atoms. The number of amides is 2. The lowest BCUT2D eigenvalue weighted by Crippen LogP contribution is -2.41. The van der Waals surface area contributed by atoms with E-state index in [1.807, 2.05) is 11.6 Å². The van der Waals surface area contributed by atoms with Gasteiger partial charge in [-0.25, -0.2) is 17.9 Å². The Morgan fingerprint density at radius 1 is 1.17 bits per heavy atom. The minimum Gasteiger partial charge on any atom is -0.330 e. The van der Waals surface area contributed by atoms with Crippen LogP contribution in [0.5, 0.6) is 0 Å². The van der Waals surface area contributed by atoms with Crippen LogP contribution in [-0.2, 0) is 14.8 Å². The van der Waals surface area contributed by atoms with E-state index < -0.39 is 16.1 Å². The first kappa shape index (κ1) is 14.2. The van der Waals surface area contributed by atoms with Crippen molar-refractivity contribution in [2.24, 2.45) is 0 Å². The van der Waals surface area contributed by atoms with Crippen LogP contribution < -0.4 is 10.0 Å². The van der Waals surface area contributed by atoms with Gasteiger partial charge in [0.1, 0.15) is 5.78 Å². The highest BCUT2D eigenvalue weighted by Gasteiger charge is 2.17. The summed E-state index contributed by atoms with van der Waals surface area (Å²) in [7, 11) is -3.90. The second-order valence-corrected chi connectivity index (χ2v) is 5.49. The summed E-state index contributed by atoms with van der Waals surface area (Å²) in [5.41, 5.74) is 0.912. The van der Waals surface area contributed by atoms with Gasteiger partial charge in [0, 0.05) is 0 Å². The third-order valence-electron chi connectivity index (χ3n) is 2.06. The number of benzene rings is 1. The Morgan fingerprint density at radius 3 is 2.22 bits per heavy atom. The van der Waals surface area contributed by atoms with Gasteiger partial charge in [0.2, 0.25) is 0 Å². The smallest absolute Gasteiger partial charge is 0.329 e. The highest BCUT2D eigenvalue weighted by Crippen LogP contribution is 2.09. The number of urea groups is 1. The molecule has 18 heavy (non-hydrogen) atoms. The zero-order valence-corrected chi connectivity index (χ0v) is 10.9. The maximum absolute atomic E-state index is 11.7. The second-order valence-electron chi connectivity index (χ2n) is 3.80. The summed E-state index contributed by atoms with van der Waals surface area (Å²) in [5, 5.41) is 2.14. The number of nitrogens with one attached hydrogen (secondary N) is 2. The predicted molar refractivity (Wildman–Crippen MR) is 65.6 cm³/mol. The van der Waals surface area contributed by atoms with Crippen LogP contribution in [0.2, 0.25) is 0 Å². The molecule has 2 N–H and O–H groups in total. The van der Waals surface area contributed by atoms with Crippen LogP contribution in [0.4, 0.5) is 4.79 Å². The Balaban J connectivity index is 2.73. The summed E-state index contributed by atoms with van der Waals surface area (Å²) in [6.07, 6.45) is 0. The average molecular weight is 270 g/mol. The molecular weight excluding hydrogens is 256 g/mol. The van der Waals surface area contributed by atoms with Gasteiger partial charge in [-0.1, -0.05) is 17.7 Å². The molecule has 0 saturated carbocycles. The van der Waals surface area contributed by atoms with Crippen molar-refractivity contribution in [3.05, 3.63) is 29.8 Å². The minimum absolute atomic E-state index is 0.00826. The molecular formula is C11H14N2O4S. The van der Waals surface area contributed by atoms with E-state index in [2.05, 4.69) is 5.32 Å². The number of sulfonamides is 1. The molecule has 2 amide bonds. The van der Waals surface area contributed by atoms with Crippen molar-refractivity contribution in [1.29, 1.82) is 0 Å². The highest BCUT2D eigenvalue weighted by molar-refractivity contribution is 7.90. The van der Waals surface area contributed by atoms with Gasteiger partial charge in [-0.2, -0.15) is 0 Å². The second kappa shape index (κ2) is 5.63. The molecule has 1 aromatic carbocycles. The molecule has 0 spiro atoms. The van der Waals surface area contributed by atoms with Crippen molar-refractivity contribution in [3.8, 4) is 0 Å². The topological polar surface area (TPSA) is 92.3 Å². The summed E-state index contributed by atoms with van der Waals surface area (Å²) in [4.78, 5) is 21.9. The van der Waals surface area contributed by atoms with Crippen molar-refractivity contribution in [3.63, 3.8) is 0 Å². The molecule has 1 rings (SSSR count). The third kappa shape index (κ3) is 4.17. The lowest BCUT2D eigenvalue weighted by atomic mass is 10.2. The van der Waals surface area contributed by atoms with Crippen molar-refractivity contribution >= 4 is 21.8 Å². The molecule has 0 aliphatic carbocycles. The summed E-state index contributed by atoms with van der Waals surface area (Å²) >= 11 is 0. The van der Waals surface area contributed by atoms with Gasteiger partial charge >= 0.3 is 6.03 Å². The fourth-order valence-corrected chi connectivity index (χ4v) is 2.07. The van der Waals surface area contributed by atoms with Gasteiger partial charge in [0.15, 0.2) is 0 Å². The Hall–Kier alpha value is -1.89. The molecule has 6 nitrogen and oxygen atoms in total. The minimum atomic E-state index is -3.90. The fourth-order valence-electron chi connectivity index (χ4n) is 1.14. The maximum atomic E-state index is 11.7. The van der Waals surface area contributed by atoms with Crippen molar-refractivity contribution in [1.82, 2.24) is 10.0 Å². The molecule has 0 aliphatic heterocycles. The largest absolute Gasteiger partial charge is 0.330 e. The standard InChI is InChI=1S/C11H14N2O4S/c1-8-3-5-10(6-4-8)18(16,17)13-11(15)12-7-9(2)14/h3-6H,7H2,1-2H3,(H2,12,13,15). The van der Waals surface area contributed by atoms with Gasteiger partial charge < -0.3 is 5.32 Å². The SMILES string of the molecule is CC(=O)CNC(=O)NS(=O)(=O)c1ccc(C)cc1. The Labute approximate surface area is 105 Å². The molecule has 0 atom stereocenters. The first-order chi connectivity index (χ1) is 8.31. The molecule has 0 radical (unpaired) electrons. The average Bonchev–Trinajstić information content (AvgIpc) is 2.26. The van der Waals surface area contributed by atoms with Gasteiger partial charge in [-0.05, 0) is 26.0 Å². The van der Waals surface area contributed by atoms with Crippen LogP contribution in [0.1, 0.15) is 12.5 Å². The molecule has 0 unspecified atom stereocenters. The Bertz CT molecular complexity index is 549. The highest BCUT2D eigenvalue weighted by atomic mass is 32.2. The normalized spacial score (nSPS) is 10.8. The van der Waals surface area contributed by atoms with Crippen LogP contribution in [0.25, 0.3) is 0 Å². The van der Waals surface area contributed by atoms with E-state index in [-0.39, 0.29) is 17.2 Å². The van der Waals surface area contributed by atoms with Crippen molar-refractivity contribution in [2.75, 3.05) is 6.54 Å².